The van der Waals surface area contributed by atoms with Crippen LogP contribution in [0.1, 0.15) is 30.6 Å². The Hall–Kier alpha value is -2.65. The van der Waals surface area contributed by atoms with Crippen molar-refractivity contribution >= 4 is 22.7 Å². The molecule has 0 spiro atoms. The summed E-state index contributed by atoms with van der Waals surface area (Å²) in [5.41, 5.74) is 12.2. The number of rotatable bonds is 5. The van der Waals surface area contributed by atoms with Crippen molar-refractivity contribution in [3.63, 3.8) is 0 Å². The van der Waals surface area contributed by atoms with Crippen molar-refractivity contribution in [2.75, 3.05) is 13.1 Å². The van der Waals surface area contributed by atoms with E-state index < -0.39 is 22.6 Å². The van der Waals surface area contributed by atoms with Crippen molar-refractivity contribution in [1.82, 2.24) is 4.90 Å². The molecular formula is C21H24N6OS. The lowest BCUT2D eigenvalue weighted by Crippen LogP contribution is -2.57. The van der Waals surface area contributed by atoms with Crippen molar-refractivity contribution in [3.05, 3.63) is 47.7 Å². The molecule has 2 heterocycles. The van der Waals surface area contributed by atoms with Crippen LogP contribution in [-0.4, -0.2) is 40.5 Å². The van der Waals surface area contributed by atoms with Crippen LogP contribution >= 0.6 is 11.8 Å². The van der Waals surface area contributed by atoms with Crippen LogP contribution in [0.5, 0.6) is 0 Å². The maximum Gasteiger partial charge on any atom is 0.235 e. The zero-order valence-corrected chi connectivity index (χ0v) is 17.1. The van der Waals surface area contributed by atoms with Gasteiger partial charge in [0.2, 0.25) is 5.91 Å². The zero-order valence-electron chi connectivity index (χ0n) is 16.3. The minimum Gasteiger partial charge on any atom is -0.368 e. The van der Waals surface area contributed by atoms with E-state index in [9.17, 15) is 15.3 Å². The van der Waals surface area contributed by atoms with Crippen LogP contribution in [0.2, 0.25) is 0 Å². The van der Waals surface area contributed by atoms with Gasteiger partial charge in [-0.1, -0.05) is 49.0 Å². The second kappa shape index (κ2) is 8.79. The first-order valence-electron chi connectivity index (χ1n) is 9.57. The van der Waals surface area contributed by atoms with E-state index in [-0.39, 0.29) is 6.04 Å². The predicted molar refractivity (Wildman–Crippen MR) is 113 cm³/mol. The molecule has 3 rings (SSSR count). The number of amides is 1. The molecule has 2 aliphatic heterocycles. The van der Waals surface area contributed by atoms with E-state index in [0.717, 1.165) is 12.0 Å². The third kappa shape index (κ3) is 3.79. The number of hydrogen-bond donors (Lipinski definition) is 2. The van der Waals surface area contributed by atoms with Gasteiger partial charge in [-0.3, -0.25) is 14.7 Å². The van der Waals surface area contributed by atoms with Gasteiger partial charge in [-0.15, -0.1) is 0 Å². The number of nitriles is 2. The van der Waals surface area contributed by atoms with Gasteiger partial charge in [-0.05, 0) is 18.4 Å². The number of aliphatic imine (C=N–C) groups is 1. The highest BCUT2D eigenvalue weighted by Crippen LogP contribution is 2.45. The van der Waals surface area contributed by atoms with Gasteiger partial charge < -0.3 is 11.5 Å². The second-order valence-corrected chi connectivity index (χ2v) is 8.39. The Morgan fingerprint density at radius 1 is 1.41 bits per heavy atom. The molecule has 4 N–H and O–H groups in total. The monoisotopic (exact) mass is 408 g/mol. The van der Waals surface area contributed by atoms with E-state index in [1.54, 1.807) is 0 Å². The molecular weight excluding hydrogens is 384 g/mol. The van der Waals surface area contributed by atoms with Crippen molar-refractivity contribution < 1.29 is 4.79 Å². The van der Waals surface area contributed by atoms with Gasteiger partial charge in [0.1, 0.15) is 11.2 Å². The summed E-state index contributed by atoms with van der Waals surface area (Å²) >= 11 is 1.19. The number of hydrogen-bond acceptors (Lipinski definition) is 7. The van der Waals surface area contributed by atoms with E-state index in [1.165, 1.54) is 18.0 Å². The Balaban J connectivity index is 2.02. The molecule has 0 radical (unpaired) electrons. The number of carbonyl (C=O) groups excluding carboxylic acids is 1. The van der Waals surface area contributed by atoms with Gasteiger partial charge in [-0.25, -0.2) is 0 Å². The molecule has 1 fully saturated rings. The minimum absolute atomic E-state index is 0.00960. The van der Waals surface area contributed by atoms with Crippen LogP contribution in [0.25, 0.3) is 0 Å². The van der Waals surface area contributed by atoms with Gasteiger partial charge >= 0.3 is 0 Å². The zero-order chi connectivity index (χ0) is 21.0. The smallest absolute Gasteiger partial charge is 0.235 e. The molecule has 4 atom stereocenters. The molecule has 0 saturated carbocycles. The summed E-state index contributed by atoms with van der Waals surface area (Å²) in [6.07, 6.45) is 2.90. The topological polar surface area (TPSA) is 132 Å². The average molecular weight is 409 g/mol. The third-order valence-electron chi connectivity index (χ3n) is 5.69. The highest BCUT2D eigenvalue weighted by molar-refractivity contribution is 8.14. The molecule has 0 aliphatic carbocycles. The van der Waals surface area contributed by atoms with Gasteiger partial charge in [0.25, 0.3) is 0 Å². The van der Waals surface area contributed by atoms with Crippen LogP contribution in [0.4, 0.5) is 0 Å². The standard InChI is InChI=1S/C21H24N6OS/c1-2-21(27-9-8-16(24)13-27)15(10-22)12-26-20(17(21)11-23)29-18(19(25)28)14-6-4-3-5-7-14/h3-7,12,16-18H,2,8-9,13,24H2,1H3,(H2,25,28)/t16-,17?,18?,21?/m0/s1. The largest absolute Gasteiger partial charge is 0.368 e. The molecule has 1 amide bonds. The summed E-state index contributed by atoms with van der Waals surface area (Å²) in [7, 11) is 0. The van der Waals surface area contributed by atoms with E-state index >= 15 is 0 Å². The summed E-state index contributed by atoms with van der Waals surface area (Å²) in [5.74, 6) is -1.19. The number of benzene rings is 1. The summed E-state index contributed by atoms with van der Waals surface area (Å²) in [4.78, 5) is 18.7. The Bertz CT molecular complexity index is 915. The first kappa shape index (κ1) is 21.1. The Morgan fingerprint density at radius 3 is 2.66 bits per heavy atom. The van der Waals surface area contributed by atoms with E-state index in [0.29, 0.717) is 30.1 Å². The fourth-order valence-corrected chi connectivity index (χ4v) is 5.37. The Morgan fingerprint density at radius 2 is 2.14 bits per heavy atom. The number of nitrogens with two attached hydrogens (primary N) is 2. The lowest BCUT2D eigenvalue weighted by atomic mass is 9.74. The molecule has 2 aliphatic rings. The van der Waals surface area contributed by atoms with Gasteiger partial charge in [0.15, 0.2) is 0 Å². The van der Waals surface area contributed by atoms with E-state index in [4.69, 9.17) is 11.5 Å². The van der Waals surface area contributed by atoms with Gasteiger partial charge in [-0.2, -0.15) is 10.5 Å². The third-order valence-corrected chi connectivity index (χ3v) is 7.01. The quantitative estimate of drug-likeness (QED) is 0.766. The molecule has 8 heteroatoms. The molecule has 1 aromatic carbocycles. The highest BCUT2D eigenvalue weighted by Gasteiger charge is 2.52. The van der Waals surface area contributed by atoms with Crippen LogP contribution in [0.15, 0.2) is 47.1 Å². The summed E-state index contributed by atoms with van der Waals surface area (Å²) < 4.78 is 0. The van der Waals surface area contributed by atoms with E-state index in [2.05, 4.69) is 22.0 Å². The predicted octanol–water partition coefficient (Wildman–Crippen LogP) is 2.09. The van der Waals surface area contributed by atoms with E-state index in [1.807, 2.05) is 37.3 Å². The van der Waals surface area contributed by atoms with Gasteiger partial charge in [0, 0.05) is 25.3 Å². The molecule has 0 aromatic heterocycles. The second-order valence-electron chi connectivity index (χ2n) is 7.27. The molecule has 150 valence electrons. The van der Waals surface area contributed by atoms with Crippen LogP contribution in [0, 0.1) is 28.6 Å². The first-order valence-corrected chi connectivity index (χ1v) is 10.5. The number of likely N-dealkylation sites (tertiary alicyclic amines) is 1. The maximum atomic E-state index is 12.2. The van der Waals surface area contributed by atoms with Crippen molar-refractivity contribution in [2.24, 2.45) is 22.4 Å². The molecule has 1 aromatic rings. The molecule has 7 nitrogen and oxygen atoms in total. The Labute approximate surface area is 175 Å². The fourth-order valence-electron chi connectivity index (χ4n) is 4.22. The Kier molecular flexibility index (Phi) is 6.39. The average Bonchev–Trinajstić information content (AvgIpc) is 3.18. The van der Waals surface area contributed by atoms with Crippen molar-refractivity contribution in [2.45, 2.75) is 36.6 Å². The van der Waals surface area contributed by atoms with Crippen LogP contribution in [0.3, 0.4) is 0 Å². The SMILES string of the molecule is CCC1(N2CC[C@H](N)C2)C(C#N)=CN=C(SC(C(N)=O)c2ccccc2)C1C#N. The lowest BCUT2D eigenvalue weighted by Gasteiger charge is -2.45. The molecule has 0 bridgehead atoms. The summed E-state index contributed by atoms with van der Waals surface area (Å²) in [6.45, 7) is 3.29. The first-order chi connectivity index (χ1) is 14.0. The maximum absolute atomic E-state index is 12.2. The number of nitrogens with zero attached hydrogens (tertiary/aromatic N) is 4. The minimum atomic E-state index is -0.805. The lowest BCUT2D eigenvalue weighted by molar-refractivity contribution is -0.117. The van der Waals surface area contributed by atoms with Crippen molar-refractivity contribution in [1.29, 1.82) is 10.5 Å². The number of carbonyl (C=O) groups is 1. The van der Waals surface area contributed by atoms with Crippen LogP contribution < -0.4 is 11.5 Å². The molecule has 1 saturated heterocycles. The molecule has 29 heavy (non-hydrogen) atoms. The van der Waals surface area contributed by atoms with Crippen LogP contribution in [-0.2, 0) is 4.79 Å². The van der Waals surface area contributed by atoms with Crippen molar-refractivity contribution in [3.8, 4) is 12.1 Å². The number of primary amides is 1. The molecule has 3 unspecified atom stereocenters. The van der Waals surface area contributed by atoms with Gasteiger partial charge in [0.05, 0.1) is 28.3 Å². The number of thioether (sulfide) groups is 1. The summed E-state index contributed by atoms with van der Waals surface area (Å²) in [5, 5.41) is 19.8. The summed E-state index contributed by atoms with van der Waals surface area (Å²) in [6, 6.07) is 13.8. The normalized spacial score (nSPS) is 28.0. The highest BCUT2D eigenvalue weighted by atomic mass is 32.2. The fraction of sp³-hybridized carbons (Fsp3) is 0.429.